The van der Waals surface area contributed by atoms with E-state index in [1.807, 2.05) is 6.07 Å². The molecule has 0 bridgehead atoms. The van der Waals surface area contributed by atoms with Crippen LogP contribution in [0, 0.1) is 11.3 Å². The fourth-order valence-corrected chi connectivity index (χ4v) is 1.81. The zero-order valence-corrected chi connectivity index (χ0v) is 12.7. The number of benzene rings is 2. The molecule has 0 aliphatic rings. The van der Waals surface area contributed by atoms with Crippen LogP contribution in [-0.4, -0.2) is 25.1 Å². The lowest BCUT2D eigenvalue weighted by Gasteiger charge is -2.08. The Balaban J connectivity index is 1.83. The molecule has 0 spiro atoms. The van der Waals surface area contributed by atoms with Crippen LogP contribution in [0.5, 0.6) is 5.75 Å². The van der Waals surface area contributed by atoms with E-state index in [1.165, 1.54) is 48.5 Å². The zero-order chi connectivity index (χ0) is 18.2. The van der Waals surface area contributed by atoms with Gasteiger partial charge < -0.3 is 14.8 Å². The molecule has 2 rings (SSSR count). The molecule has 0 aliphatic heterocycles. The first-order valence-corrected chi connectivity index (χ1v) is 7.00. The maximum absolute atomic E-state index is 12.0. The number of carbonyl (C=O) groups is 2. The molecule has 0 unspecified atom stereocenters. The van der Waals surface area contributed by atoms with E-state index in [2.05, 4.69) is 10.1 Å². The SMILES string of the molecule is N#Cc1ccc(C(=O)OCC(=O)Nc2ccc(OC(F)F)cc2)cc1. The van der Waals surface area contributed by atoms with Crippen molar-refractivity contribution in [1.82, 2.24) is 0 Å². The Hall–Kier alpha value is -3.47. The first kappa shape index (κ1) is 17.9. The molecule has 0 saturated carbocycles. The lowest BCUT2D eigenvalue weighted by atomic mass is 10.1. The molecule has 6 nitrogen and oxygen atoms in total. The second kappa shape index (κ2) is 8.40. The molecule has 0 saturated heterocycles. The van der Waals surface area contributed by atoms with Crippen LogP contribution < -0.4 is 10.1 Å². The Morgan fingerprint density at radius 1 is 1.08 bits per heavy atom. The molecule has 0 fully saturated rings. The molecule has 2 aromatic rings. The Labute approximate surface area is 141 Å². The van der Waals surface area contributed by atoms with Gasteiger partial charge in [0.15, 0.2) is 6.61 Å². The summed E-state index contributed by atoms with van der Waals surface area (Å²) in [6.45, 7) is -3.45. The number of hydrogen-bond donors (Lipinski definition) is 1. The van der Waals surface area contributed by atoms with E-state index in [0.717, 1.165) is 0 Å². The molecule has 8 heteroatoms. The van der Waals surface area contributed by atoms with Crippen LogP contribution in [0.1, 0.15) is 15.9 Å². The molecule has 0 atom stereocenters. The number of ether oxygens (including phenoxy) is 2. The van der Waals surface area contributed by atoms with Crippen LogP contribution in [0.4, 0.5) is 14.5 Å². The van der Waals surface area contributed by atoms with Gasteiger partial charge in [-0.1, -0.05) is 0 Å². The molecule has 0 aliphatic carbocycles. The number of esters is 1. The van der Waals surface area contributed by atoms with Gasteiger partial charge in [0.1, 0.15) is 5.75 Å². The van der Waals surface area contributed by atoms with Gasteiger partial charge in [0.05, 0.1) is 17.2 Å². The van der Waals surface area contributed by atoms with Crippen LogP contribution in [0.15, 0.2) is 48.5 Å². The Morgan fingerprint density at radius 2 is 1.72 bits per heavy atom. The third-order valence-electron chi connectivity index (χ3n) is 2.95. The van der Waals surface area contributed by atoms with Gasteiger partial charge in [-0.05, 0) is 48.5 Å². The van der Waals surface area contributed by atoms with Crippen molar-refractivity contribution >= 4 is 17.6 Å². The lowest BCUT2D eigenvalue weighted by Crippen LogP contribution is -2.20. The van der Waals surface area contributed by atoms with E-state index < -0.39 is 25.1 Å². The van der Waals surface area contributed by atoms with Crippen LogP contribution in [0.25, 0.3) is 0 Å². The Morgan fingerprint density at radius 3 is 2.28 bits per heavy atom. The van der Waals surface area contributed by atoms with Crippen molar-refractivity contribution in [2.45, 2.75) is 6.61 Å². The molecule has 1 N–H and O–H groups in total. The minimum Gasteiger partial charge on any atom is -0.452 e. The number of nitrogens with one attached hydrogen (secondary N) is 1. The molecule has 2 aromatic carbocycles. The highest BCUT2D eigenvalue weighted by Crippen LogP contribution is 2.17. The second-order valence-electron chi connectivity index (χ2n) is 4.72. The van der Waals surface area contributed by atoms with E-state index in [4.69, 9.17) is 10.00 Å². The van der Waals surface area contributed by atoms with Crippen LogP contribution in [0.3, 0.4) is 0 Å². The number of carbonyl (C=O) groups excluding carboxylic acids is 2. The maximum atomic E-state index is 12.0. The normalized spacial score (nSPS) is 10.0. The van der Waals surface area contributed by atoms with Crippen molar-refractivity contribution in [3.05, 3.63) is 59.7 Å². The van der Waals surface area contributed by atoms with E-state index in [1.54, 1.807) is 0 Å². The monoisotopic (exact) mass is 346 g/mol. The predicted octanol–water partition coefficient (Wildman–Crippen LogP) is 2.96. The molecular weight excluding hydrogens is 334 g/mol. The quantitative estimate of drug-likeness (QED) is 0.813. The highest BCUT2D eigenvalue weighted by atomic mass is 19.3. The smallest absolute Gasteiger partial charge is 0.387 e. The van der Waals surface area contributed by atoms with Crippen LogP contribution in [-0.2, 0) is 9.53 Å². The highest BCUT2D eigenvalue weighted by Gasteiger charge is 2.11. The first-order valence-electron chi connectivity index (χ1n) is 7.00. The third kappa shape index (κ3) is 5.58. The number of nitriles is 1. The van der Waals surface area contributed by atoms with Crippen molar-refractivity contribution in [1.29, 1.82) is 5.26 Å². The van der Waals surface area contributed by atoms with Crippen molar-refractivity contribution in [2.24, 2.45) is 0 Å². The summed E-state index contributed by atoms with van der Waals surface area (Å²) >= 11 is 0. The van der Waals surface area contributed by atoms with Gasteiger partial charge in [0, 0.05) is 5.69 Å². The summed E-state index contributed by atoms with van der Waals surface area (Å²) in [6.07, 6.45) is 0. The molecule has 1 amide bonds. The van der Waals surface area contributed by atoms with Gasteiger partial charge in [-0.25, -0.2) is 4.79 Å². The number of rotatable bonds is 6. The number of alkyl halides is 2. The van der Waals surface area contributed by atoms with Gasteiger partial charge in [-0.3, -0.25) is 4.79 Å². The van der Waals surface area contributed by atoms with Crippen LogP contribution >= 0.6 is 0 Å². The standard InChI is InChI=1S/C17H12F2N2O4/c18-17(19)25-14-7-5-13(6-8-14)21-15(22)10-24-16(23)12-3-1-11(9-20)2-4-12/h1-8,17H,10H2,(H,21,22). The van der Waals surface area contributed by atoms with E-state index in [0.29, 0.717) is 11.3 Å². The molecule has 0 radical (unpaired) electrons. The largest absolute Gasteiger partial charge is 0.452 e. The van der Waals surface area contributed by atoms with Crippen molar-refractivity contribution in [3.63, 3.8) is 0 Å². The second-order valence-corrected chi connectivity index (χ2v) is 4.72. The van der Waals surface area contributed by atoms with Gasteiger partial charge >= 0.3 is 12.6 Å². The number of halogens is 2. The maximum Gasteiger partial charge on any atom is 0.387 e. The summed E-state index contributed by atoms with van der Waals surface area (Å²) in [4.78, 5) is 23.5. The fourth-order valence-electron chi connectivity index (χ4n) is 1.81. The van der Waals surface area contributed by atoms with Gasteiger partial charge in [-0.15, -0.1) is 0 Å². The topological polar surface area (TPSA) is 88.4 Å². The summed E-state index contributed by atoms with van der Waals surface area (Å²) in [7, 11) is 0. The summed E-state index contributed by atoms with van der Waals surface area (Å²) in [5, 5.41) is 11.1. The minimum absolute atomic E-state index is 0.0414. The zero-order valence-electron chi connectivity index (χ0n) is 12.7. The van der Waals surface area contributed by atoms with E-state index in [9.17, 15) is 18.4 Å². The number of nitrogens with zero attached hydrogens (tertiary/aromatic N) is 1. The van der Waals surface area contributed by atoms with Gasteiger partial charge in [0.25, 0.3) is 5.91 Å². The summed E-state index contributed by atoms with van der Waals surface area (Å²) < 4.78 is 33.1. The van der Waals surface area contributed by atoms with E-state index in [-0.39, 0.29) is 11.3 Å². The summed E-state index contributed by atoms with van der Waals surface area (Å²) in [6, 6.07) is 13.0. The fraction of sp³-hybridized carbons (Fsp3) is 0.118. The molecule has 0 aromatic heterocycles. The average molecular weight is 346 g/mol. The number of hydrogen-bond acceptors (Lipinski definition) is 5. The van der Waals surface area contributed by atoms with Crippen molar-refractivity contribution in [2.75, 3.05) is 11.9 Å². The van der Waals surface area contributed by atoms with Gasteiger partial charge in [0.2, 0.25) is 0 Å². The summed E-state index contributed by atoms with van der Waals surface area (Å²) in [5.41, 5.74) is 0.940. The van der Waals surface area contributed by atoms with Gasteiger partial charge in [-0.2, -0.15) is 14.0 Å². The average Bonchev–Trinajstić information content (AvgIpc) is 2.61. The lowest BCUT2D eigenvalue weighted by molar-refractivity contribution is -0.119. The Bertz CT molecular complexity index is 784. The summed E-state index contributed by atoms with van der Waals surface area (Å²) in [5.74, 6) is -1.34. The number of amides is 1. The predicted molar refractivity (Wildman–Crippen MR) is 83.1 cm³/mol. The molecule has 0 heterocycles. The van der Waals surface area contributed by atoms with E-state index >= 15 is 0 Å². The third-order valence-corrected chi connectivity index (χ3v) is 2.95. The number of anilines is 1. The molecule has 25 heavy (non-hydrogen) atoms. The Kier molecular flexibility index (Phi) is 6.01. The minimum atomic E-state index is -2.93. The molecule has 128 valence electrons. The molecular formula is C17H12F2N2O4. The van der Waals surface area contributed by atoms with Crippen molar-refractivity contribution in [3.8, 4) is 11.8 Å². The van der Waals surface area contributed by atoms with Crippen molar-refractivity contribution < 1.29 is 27.8 Å². The first-order chi connectivity index (χ1) is 12.0. The highest BCUT2D eigenvalue weighted by molar-refractivity contribution is 5.95. The van der Waals surface area contributed by atoms with Crippen LogP contribution in [0.2, 0.25) is 0 Å².